The van der Waals surface area contributed by atoms with E-state index in [2.05, 4.69) is 5.10 Å². The van der Waals surface area contributed by atoms with Crippen LogP contribution in [0.15, 0.2) is 12.3 Å². The SMILES string of the molecule is CCn1ccc(C(=O)N2CC(N3CC(F)(F)C[C@H]3CN(C)C)C2)n1. The van der Waals surface area contributed by atoms with Gasteiger partial charge in [0.05, 0.1) is 6.54 Å². The van der Waals surface area contributed by atoms with Crippen LogP contribution in [-0.4, -0.2) is 88.7 Å². The second-order valence-corrected chi connectivity index (χ2v) is 7.07. The van der Waals surface area contributed by atoms with E-state index in [1.807, 2.05) is 30.8 Å². The third kappa shape index (κ3) is 3.44. The maximum Gasteiger partial charge on any atom is 0.274 e. The molecule has 1 atom stereocenters. The van der Waals surface area contributed by atoms with Crippen LogP contribution in [0.4, 0.5) is 8.78 Å². The average molecular weight is 341 g/mol. The van der Waals surface area contributed by atoms with Gasteiger partial charge in [-0.25, -0.2) is 8.78 Å². The van der Waals surface area contributed by atoms with Gasteiger partial charge in [-0.2, -0.15) is 5.10 Å². The number of likely N-dealkylation sites (N-methyl/N-ethyl adjacent to an activating group) is 1. The Hall–Kier alpha value is -1.54. The van der Waals surface area contributed by atoms with E-state index >= 15 is 0 Å². The lowest BCUT2D eigenvalue weighted by Crippen LogP contribution is -2.63. The number of carbonyl (C=O) groups is 1. The Morgan fingerprint density at radius 1 is 1.42 bits per heavy atom. The highest BCUT2D eigenvalue weighted by Gasteiger charge is 2.50. The number of carbonyl (C=O) groups excluding carboxylic acids is 1. The van der Waals surface area contributed by atoms with Crippen molar-refractivity contribution in [2.75, 3.05) is 40.3 Å². The van der Waals surface area contributed by atoms with Gasteiger partial charge in [0, 0.05) is 50.9 Å². The monoisotopic (exact) mass is 341 g/mol. The zero-order chi connectivity index (χ0) is 17.5. The van der Waals surface area contributed by atoms with Gasteiger partial charge in [-0.1, -0.05) is 0 Å². The summed E-state index contributed by atoms with van der Waals surface area (Å²) in [5, 5.41) is 4.22. The van der Waals surface area contributed by atoms with Crippen molar-refractivity contribution in [2.24, 2.45) is 0 Å². The summed E-state index contributed by atoms with van der Waals surface area (Å²) in [5.41, 5.74) is 0.423. The van der Waals surface area contributed by atoms with Crippen LogP contribution in [0.1, 0.15) is 23.8 Å². The molecule has 1 aromatic rings. The van der Waals surface area contributed by atoms with Crippen LogP contribution in [0.3, 0.4) is 0 Å². The lowest BCUT2D eigenvalue weighted by atomic mass is 10.0. The lowest BCUT2D eigenvalue weighted by molar-refractivity contribution is -0.0116. The number of hydrogen-bond donors (Lipinski definition) is 0. The summed E-state index contributed by atoms with van der Waals surface area (Å²) in [6.45, 7) is 4.07. The molecule has 0 N–H and O–H groups in total. The van der Waals surface area contributed by atoms with Crippen LogP contribution < -0.4 is 0 Å². The molecular weight excluding hydrogens is 316 g/mol. The Morgan fingerprint density at radius 2 is 2.12 bits per heavy atom. The van der Waals surface area contributed by atoms with Gasteiger partial charge in [0.15, 0.2) is 0 Å². The molecule has 3 rings (SSSR count). The first-order chi connectivity index (χ1) is 11.3. The number of aromatic nitrogens is 2. The van der Waals surface area contributed by atoms with E-state index in [1.54, 1.807) is 21.8 Å². The molecule has 2 saturated heterocycles. The predicted molar refractivity (Wildman–Crippen MR) is 86.2 cm³/mol. The molecule has 0 bridgehead atoms. The van der Waals surface area contributed by atoms with Gasteiger partial charge in [0.25, 0.3) is 11.8 Å². The normalized spacial score (nSPS) is 24.6. The third-order valence-corrected chi connectivity index (χ3v) is 4.80. The summed E-state index contributed by atoms with van der Waals surface area (Å²) in [6.07, 6.45) is 1.68. The van der Waals surface area contributed by atoms with Gasteiger partial charge >= 0.3 is 0 Å². The molecule has 0 saturated carbocycles. The average Bonchev–Trinajstić information content (AvgIpc) is 3.01. The lowest BCUT2D eigenvalue weighted by Gasteiger charge is -2.46. The fourth-order valence-electron chi connectivity index (χ4n) is 3.59. The summed E-state index contributed by atoms with van der Waals surface area (Å²) in [7, 11) is 3.80. The maximum atomic E-state index is 13.8. The number of amides is 1. The highest BCUT2D eigenvalue weighted by atomic mass is 19.3. The molecule has 0 aliphatic carbocycles. The highest BCUT2D eigenvalue weighted by molar-refractivity contribution is 5.92. The Labute approximate surface area is 141 Å². The number of rotatable bonds is 5. The number of likely N-dealkylation sites (tertiary alicyclic amines) is 2. The summed E-state index contributed by atoms with van der Waals surface area (Å²) in [6, 6.07) is 1.56. The van der Waals surface area contributed by atoms with Gasteiger partial charge in [-0.3, -0.25) is 14.4 Å². The van der Waals surface area contributed by atoms with Crippen molar-refractivity contribution in [3.05, 3.63) is 18.0 Å². The molecule has 24 heavy (non-hydrogen) atoms. The minimum atomic E-state index is -2.63. The number of aryl methyl sites for hydroxylation is 1. The predicted octanol–water partition coefficient (Wildman–Crippen LogP) is 0.999. The Morgan fingerprint density at radius 3 is 2.71 bits per heavy atom. The minimum absolute atomic E-state index is 0.0144. The third-order valence-electron chi connectivity index (χ3n) is 4.80. The molecule has 0 aromatic carbocycles. The second-order valence-electron chi connectivity index (χ2n) is 7.07. The maximum absolute atomic E-state index is 13.8. The standard InChI is InChI=1S/C16H25F2N5O/c1-4-22-6-5-14(19-22)15(24)21-9-13(10-21)23-11-16(17,18)7-12(23)8-20(2)3/h5-6,12-13H,4,7-11H2,1-3H3/t12-/m0/s1. The summed E-state index contributed by atoms with van der Waals surface area (Å²) < 4.78 is 29.4. The van der Waals surface area contributed by atoms with Crippen LogP contribution in [0.2, 0.25) is 0 Å². The molecule has 134 valence electrons. The number of halogens is 2. The molecule has 2 fully saturated rings. The summed E-state index contributed by atoms with van der Waals surface area (Å²) >= 11 is 0. The molecule has 0 spiro atoms. The van der Waals surface area contributed by atoms with Gasteiger partial charge in [0.2, 0.25) is 0 Å². The molecular formula is C16H25F2N5O. The Balaban J connectivity index is 1.59. The molecule has 2 aliphatic rings. The van der Waals surface area contributed by atoms with Gasteiger partial charge in [0.1, 0.15) is 5.69 Å². The topological polar surface area (TPSA) is 44.6 Å². The first-order valence-corrected chi connectivity index (χ1v) is 8.40. The number of hydrogen-bond acceptors (Lipinski definition) is 4. The van der Waals surface area contributed by atoms with E-state index in [9.17, 15) is 13.6 Å². The molecule has 2 aliphatic heterocycles. The van der Waals surface area contributed by atoms with E-state index in [1.165, 1.54) is 0 Å². The first kappa shape index (κ1) is 17.3. The van der Waals surface area contributed by atoms with Crippen molar-refractivity contribution in [1.82, 2.24) is 24.5 Å². The Kier molecular flexibility index (Phi) is 4.61. The molecule has 0 radical (unpaired) electrons. The van der Waals surface area contributed by atoms with E-state index in [0.29, 0.717) is 31.9 Å². The van der Waals surface area contributed by atoms with Crippen molar-refractivity contribution >= 4 is 5.91 Å². The molecule has 6 nitrogen and oxygen atoms in total. The van der Waals surface area contributed by atoms with Crippen LogP contribution >= 0.6 is 0 Å². The minimum Gasteiger partial charge on any atom is -0.334 e. The largest absolute Gasteiger partial charge is 0.334 e. The van der Waals surface area contributed by atoms with Crippen LogP contribution in [-0.2, 0) is 6.54 Å². The Bertz CT molecular complexity index is 597. The quantitative estimate of drug-likeness (QED) is 0.802. The molecule has 1 amide bonds. The van der Waals surface area contributed by atoms with Crippen molar-refractivity contribution in [3.8, 4) is 0 Å². The molecule has 3 heterocycles. The van der Waals surface area contributed by atoms with Gasteiger partial charge < -0.3 is 9.80 Å². The van der Waals surface area contributed by atoms with E-state index in [-0.39, 0.29) is 31.0 Å². The van der Waals surface area contributed by atoms with E-state index in [0.717, 1.165) is 0 Å². The molecule has 8 heteroatoms. The zero-order valence-corrected chi connectivity index (χ0v) is 14.5. The van der Waals surface area contributed by atoms with Crippen LogP contribution in [0.25, 0.3) is 0 Å². The van der Waals surface area contributed by atoms with Gasteiger partial charge in [-0.05, 0) is 27.1 Å². The van der Waals surface area contributed by atoms with Crippen LogP contribution in [0.5, 0.6) is 0 Å². The van der Waals surface area contributed by atoms with Crippen molar-refractivity contribution in [1.29, 1.82) is 0 Å². The molecule has 0 unspecified atom stereocenters. The summed E-state index contributed by atoms with van der Waals surface area (Å²) in [5.74, 6) is -2.75. The van der Waals surface area contributed by atoms with Crippen LogP contribution in [0, 0.1) is 0 Å². The van der Waals surface area contributed by atoms with Crippen molar-refractivity contribution in [3.63, 3.8) is 0 Å². The number of alkyl halides is 2. The number of nitrogens with zero attached hydrogens (tertiary/aromatic N) is 5. The van der Waals surface area contributed by atoms with Gasteiger partial charge in [-0.15, -0.1) is 0 Å². The fourth-order valence-corrected chi connectivity index (χ4v) is 3.59. The second kappa shape index (κ2) is 6.40. The highest BCUT2D eigenvalue weighted by Crippen LogP contribution is 2.35. The zero-order valence-electron chi connectivity index (χ0n) is 14.5. The van der Waals surface area contributed by atoms with Crippen molar-refractivity contribution in [2.45, 2.75) is 37.9 Å². The van der Waals surface area contributed by atoms with Crippen molar-refractivity contribution < 1.29 is 13.6 Å². The molecule has 1 aromatic heterocycles. The first-order valence-electron chi connectivity index (χ1n) is 8.40. The van der Waals surface area contributed by atoms with E-state index < -0.39 is 5.92 Å². The fraction of sp³-hybridized carbons (Fsp3) is 0.750. The van der Waals surface area contributed by atoms with E-state index in [4.69, 9.17) is 0 Å². The summed E-state index contributed by atoms with van der Waals surface area (Å²) in [4.78, 5) is 17.9. The smallest absolute Gasteiger partial charge is 0.274 e.